The van der Waals surface area contributed by atoms with Gasteiger partial charge in [0.05, 0.1) is 5.56 Å². The van der Waals surface area contributed by atoms with Crippen LogP contribution < -0.4 is 5.32 Å². The molecule has 1 rings (SSSR count). The highest BCUT2D eigenvalue weighted by atomic mass is 19.4. The molecule has 0 aromatic heterocycles. The maximum atomic E-state index is 14.0. The van der Waals surface area contributed by atoms with Crippen LogP contribution in [0.1, 0.15) is 23.7 Å². The van der Waals surface area contributed by atoms with Crippen molar-refractivity contribution in [3.63, 3.8) is 0 Å². The standard InChI is InChI=1S/C14H15F4NO4/c1-23-7-6-10(13(21)22)19-12(20)11(15)8-2-4-9(5-3-8)14(16,17)18/h2-5,10-11H,6-7H2,1H3,(H,19,20)(H,21,22). The highest BCUT2D eigenvalue weighted by molar-refractivity contribution is 5.87. The number of rotatable bonds is 7. The second kappa shape index (κ2) is 7.91. The van der Waals surface area contributed by atoms with Crippen LogP contribution in [0.15, 0.2) is 24.3 Å². The number of benzene rings is 1. The lowest BCUT2D eigenvalue weighted by Crippen LogP contribution is -2.43. The minimum Gasteiger partial charge on any atom is -0.480 e. The fourth-order valence-electron chi connectivity index (χ4n) is 1.73. The lowest BCUT2D eigenvalue weighted by molar-refractivity contribution is -0.143. The average Bonchev–Trinajstić information content (AvgIpc) is 2.49. The smallest absolute Gasteiger partial charge is 0.416 e. The molecule has 5 nitrogen and oxygen atoms in total. The molecule has 0 aliphatic carbocycles. The molecule has 9 heteroatoms. The number of amides is 1. The molecule has 23 heavy (non-hydrogen) atoms. The summed E-state index contributed by atoms with van der Waals surface area (Å²) in [6.07, 6.45) is -6.92. The van der Waals surface area contributed by atoms with Gasteiger partial charge >= 0.3 is 12.1 Å². The zero-order valence-corrected chi connectivity index (χ0v) is 12.1. The third kappa shape index (κ3) is 5.51. The lowest BCUT2D eigenvalue weighted by Gasteiger charge is -2.16. The fourth-order valence-corrected chi connectivity index (χ4v) is 1.73. The minimum atomic E-state index is -4.57. The van der Waals surface area contributed by atoms with Crippen molar-refractivity contribution in [3.8, 4) is 0 Å². The van der Waals surface area contributed by atoms with Gasteiger partial charge in [-0.25, -0.2) is 9.18 Å². The zero-order valence-electron chi connectivity index (χ0n) is 12.1. The van der Waals surface area contributed by atoms with Gasteiger partial charge in [-0.15, -0.1) is 0 Å². The topological polar surface area (TPSA) is 75.6 Å². The number of hydrogen-bond donors (Lipinski definition) is 2. The Hall–Kier alpha value is -2.16. The van der Waals surface area contributed by atoms with Crippen LogP contribution in [0.3, 0.4) is 0 Å². The predicted octanol–water partition coefficient (Wildman–Crippen LogP) is 2.32. The summed E-state index contributed by atoms with van der Waals surface area (Å²) < 4.78 is 55.9. The van der Waals surface area contributed by atoms with Gasteiger partial charge in [-0.3, -0.25) is 4.79 Å². The molecule has 2 atom stereocenters. The van der Waals surface area contributed by atoms with E-state index in [0.717, 1.165) is 12.1 Å². The van der Waals surface area contributed by atoms with Crippen LogP contribution in [-0.4, -0.2) is 36.7 Å². The highest BCUT2D eigenvalue weighted by Gasteiger charge is 2.31. The maximum absolute atomic E-state index is 14.0. The molecule has 0 saturated heterocycles. The van der Waals surface area contributed by atoms with Crippen molar-refractivity contribution >= 4 is 11.9 Å². The number of aliphatic carboxylic acids is 1. The first-order valence-corrected chi connectivity index (χ1v) is 6.50. The van der Waals surface area contributed by atoms with E-state index in [1.165, 1.54) is 7.11 Å². The molecular formula is C14H15F4NO4. The van der Waals surface area contributed by atoms with Crippen molar-refractivity contribution in [2.24, 2.45) is 0 Å². The highest BCUT2D eigenvalue weighted by Crippen LogP contribution is 2.30. The van der Waals surface area contributed by atoms with Gasteiger partial charge in [-0.2, -0.15) is 13.2 Å². The van der Waals surface area contributed by atoms with E-state index in [2.05, 4.69) is 4.74 Å². The normalized spacial score (nSPS) is 14.1. The molecule has 0 heterocycles. The molecule has 0 aliphatic heterocycles. The molecule has 128 valence electrons. The summed E-state index contributed by atoms with van der Waals surface area (Å²) in [6, 6.07) is 1.61. The average molecular weight is 337 g/mol. The summed E-state index contributed by atoms with van der Waals surface area (Å²) in [5, 5.41) is 10.9. The van der Waals surface area contributed by atoms with Crippen molar-refractivity contribution in [1.29, 1.82) is 0 Å². The van der Waals surface area contributed by atoms with Crippen molar-refractivity contribution in [3.05, 3.63) is 35.4 Å². The summed E-state index contributed by atoms with van der Waals surface area (Å²) in [4.78, 5) is 22.6. The van der Waals surface area contributed by atoms with Crippen LogP contribution in [0.2, 0.25) is 0 Å². The molecule has 0 fully saturated rings. The number of ether oxygens (including phenoxy) is 1. The first kappa shape index (κ1) is 18.9. The quantitative estimate of drug-likeness (QED) is 0.749. The Balaban J connectivity index is 2.77. The molecule has 0 bridgehead atoms. The lowest BCUT2D eigenvalue weighted by atomic mass is 10.1. The number of nitrogens with one attached hydrogen (secondary N) is 1. The number of hydrogen-bond acceptors (Lipinski definition) is 3. The first-order valence-electron chi connectivity index (χ1n) is 6.50. The van der Waals surface area contributed by atoms with E-state index in [9.17, 15) is 27.2 Å². The maximum Gasteiger partial charge on any atom is 0.416 e. The molecular weight excluding hydrogens is 322 g/mol. The number of carbonyl (C=O) groups excluding carboxylic acids is 1. The Kier molecular flexibility index (Phi) is 6.49. The summed E-state index contributed by atoms with van der Waals surface area (Å²) in [5.74, 6) is -2.61. The third-order valence-corrected chi connectivity index (χ3v) is 2.99. The van der Waals surface area contributed by atoms with Crippen molar-refractivity contribution in [2.45, 2.75) is 24.8 Å². The Morgan fingerprint density at radius 2 is 1.83 bits per heavy atom. The Morgan fingerprint density at radius 3 is 2.26 bits per heavy atom. The summed E-state index contributed by atoms with van der Waals surface area (Å²) in [7, 11) is 1.33. The Morgan fingerprint density at radius 1 is 1.26 bits per heavy atom. The molecule has 0 saturated carbocycles. The van der Waals surface area contributed by atoms with Crippen LogP contribution in [0.25, 0.3) is 0 Å². The number of methoxy groups -OCH3 is 1. The van der Waals surface area contributed by atoms with E-state index in [1.807, 2.05) is 5.32 Å². The minimum absolute atomic E-state index is 0.0362. The molecule has 0 spiro atoms. The van der Waals surface area contributed by atoms with Crippen molar-refractivity contribution < 1.29 is 37.0 Å². The van der Waals surface area contributed by atoms with Gasteiger partial charge in [0.15, 0.2) is 0 Å². The van der Waals surface area contributed by atoms with E-state index >= 15 is 0 Å². The molecule has 1 amide bonds. The van der Waals surface area contributed by atoms with Crippen LogP contribution in [-0.2, 0) is 20.5 Å². The van der Waals surface area contributed by atoms with Crippen molar-refractivity contribution in [1.82, 2.24) is 5.32 Å². The summed E-state index contributed by atoms with van der Waals surface area (Å²) in [6.45, 7) is 0.0362. The second-order valence-corrected chi connectivity index (χ2v) is 4.66. The van der Waals surface area contributed by atoms with Crippen LogP contribution in [0.4, 0.5) is 17.6 Å². The fraction of sp³-hybridized carbons (Fsp3) is 0.429. The summed E-state index contributed by atoms with van der Waals surface area (Å²) in [5.41, 5.74) is -1.27. The molecule has 2 unspecified atom stereocenters. The van der Waals surface area contributed by atoms with Gasteiger partial charge in [0.1, 0.15) is 6.04 Å². The molecule has 2 N–H and O–H groups in total. The van der Waals surface area contributed by atoms with E-state index in [0.29, 0.717) is 12.1 Å². The van der Waals surface area contributed by atoms with Gasteiger partial charge in [-0.05, 0) is 17.7 Å². The van der Waals surface area contributed by atoms with Gasteiger partial charge < -0.3 is 15.2 Å². The van der Waals surface area contributed by atoms with E-state index in [-0.39, 0.29) is 18.6 Å². The Labute approximate surface area is 129 Å². The molecule has 1 aromatic rings. The van der Waals surface area contributed by atoms with Crippen molar-refractivity contribution in [2.75, 3.05) is 13.7 Å². The number of halogens is 4. The monoisotopic (exact) mass is 337 g/mol. The number of carbonyl (C=O) groups is 2. The molecule has 0 aliphatic rings. The predicted molar refractivity (Wildman–Crippen MR) is 71.4 cm³/mol. The van der Waals surface area contributed by atoms with Gasteiger partial charge in [0, 0.05) is 20.1 Å². The van der Waals surface area contributed by atoms with E-state index in [1.54, 1.807) is 0 Å². The number of alkyl halides is 4. The zero-order chi connectivity index (χ0) is 17.6. The third-order valence-electron chi connectivity index (χ3n) is 2.99. The number of carboxylic acid groups (broad SMARTS) is 1. The van der Waals surface area contributed by atoms with Crippen LogP contribution >= 0.6 is 0 Å². The van der Waals surface area contributed by atoms with E-state index < -0.39 is 35.8 Å². The summed E-state index contributed by atoms with van der Waals surface area (Å²) >= 11 is 0. The second-order valence-electron chi connectivity index (χ2n) is 4.66. The van der Waals surface area contributed by atoms with Crippen LogP contribution in [0, 0.1) is 0 Å². The first-order chi connectivity index (χ1) is 10.7. The molecule has 1 aromatic carbocycles. The largest absolute Gasteiger partial charge is 0.480 e. The van der Waals surface area contributed by atoms with Crippen LogP contribution in [0.5, 0.6) is 0 Å². The van der Waals surface area contributed by atoms with E-state index in [4.69, 9.17) is 5.11 Å². The van der Waals surface area contributed by atoms with Gasteiger partial charge in [-0.1, -0.05) is 12.1 Å². The number of carboxylic acids is 1. The SMILES string of the molecule is COCCC(NC(=O)C(F)c1ccc(C(F)(F)F)cc1)C(=O)O. The van der Waals surface area contributed by atoms with Gasteiger partial charge in [0.2, 0.25) is 6.17 Å². The molecule has 0 radical (unpaired) electrons. The Bertz CT molecular complexity index is 545. The van der Waals surface area contributed by atoms with Gasteiger partial charge in [0.25, 0.3) is 5.91 Å².